The van der Waals surface area contributed by atoms with Crippen molar-refractivity contribution in [3.05, 3.63) is 23.5 Å². The number of ether oxygens (including phenoxy) is 1. The summed E-state index contributed by atoms with van der Waals surface area (Å²) >= 11 is 0. The van der Waals surface area contributed by atoms with Crippen molar-refractivity contribution in [3.8, 4) is 0 Å². The highest BCUT2D eigenvalue weighted by atomic mass is 32.2. The van der Waals surface area contributed by atoms with Crippen LogP contribution in [0.5, 0.6) is 0 Å². The van der Waals surface area contributed by atoms with Crippen LogP contribution in [0.3, 0.4) is 0 Å². The van der Waals surface area contributed by atoms with Gasteiger partial charge >= 0.3 is 12.3 Å². The van der Waals surface area contributed by atoms with Crippen LogP contribution in [0.4, 0.5) is 18.0 Å². The molecule has 3 fully saturated rings. The fourth-order valence-electron chi connectivity index (χ4n) is 4.11. The molecule has 0 radical (unpaired) electrons. The van der Waals surface area contributed by atoms with Gasteiger partial charge in [0, 0.05) is 31.2 Å². The Morgan fingerprint density at radius 2 is 1.90 bits per heavy atom. The third-order valence-electron chi connectivity index (χ3n) is 5.68. The number of nitrogens with zero attached hydrogens (tertiary/aromatic N) is 2. The zero-order chi connectivity index (χ0) is 22.1. The Labute approximate surface area is 172 Å². The van der Waals surface area contributed by atoms with E-state index in [0.29, 0.717) is 25.9 Å². The average molecular weight is 447 g/mol. The second kappa shape index (κ2) is 6.56. The van der Waals surface area contributed by atoms with E-state index in [9.17, 15) is 26.4 Å². The molecular weight excluding hydrogens is 423 g/mol. The molecule has 30 heavy (non-hydrogen) atoms. The third kappa shape index (κ3) is 3.55. The van der Waals surface area contributed by atoms with Gasteiger partial charge in [0.2, 0.25) is 9.84 Å². The molecule has 4 rings (SSSR count). The first-order valence-corrected chi connectivity index (χ1v) is 11.3. The molecule has 2 saturated heterocycles. The number of likely N-dealkylation sites (tertiary alicyclic amines) is 1. The largest absolute Gasteiger partial charge is 0.444 e. The zero-order valence-corrected chi connectivity index (χ0v) is 17.7. The van der Waals surface area contributed by atoms with Crippen molar-refractivity contribution in [1.29, 1.82) is 0 Å². The molecule has 1 saturated carbocycles. The first-order valence-electron chi connectivity index (χ1n) is 9.76. The van der Waals surface area contributed by atoms with Gasteiger partial charge < -0.3 is 10.1 Å². The van der Waals surface area contributed by atoms with E-state index < -0.39 is 44.2 Å². The van der Waals surface area contributed by atoms with E-state index >= 15 is 0 Å². The number of aromatic nitrogens is 1. The van der Waals surface area contributed by atoms with Gasteiger partial charge in [-0.1, -0.05) is 0 Å². The number of hydrogen-bond donors (Lipinski definition) is 1. The van der Waals surface area contributed by atoms with Crippen molar-refractivity contribution < 1.29 is 31.1 Å². The lowest BCUT2D eigenvalue weighted by Crippen LogP contribution is -2.79. The van der Waals surface area contributed by atoms with E-state index in [1.165, 1.54) is 0 Å². The smallest absolute Gasteiger partial charge is 0.433 e. The van der Waals surface area contributed by atoms with E-state index in [-0.39, 0.29) is 22.9 Å². The van der Waals surface area contributed by atoms with E-state index in [2.05, 4.69) is 10.3 Å². The van der Waals surface area contributed by atoms with Crippen LogP contribution in [0, 0.1) is 5.41 Å². The van der Waals surface area contributed by atoms with Crippen molar-refractivity contribution in [3.63, 3.8) is 0 Å². The van der Waals surface area contributed by atoms with Crippen LogP contribution in [0.2, 0.25) is 0 Å². The monoisotopic (exact) mass is 447 g/mol. The average Bonchev–Trinajstić information content (AvgIpc) is 3.33. The SMILES string of the molecule is CC(C)(C)OC(=O)N1CC2(CNC2)C1S(=O)(=O)c1cnc(C(F)(F)F)cc1C1CC1. The topological polar surface area (TPSA) is 88.6 Å². The summed E-state index contributed by atoms with van der Waals surface area (Å²) in [6.07, 6.45) is -3.36. The Kier molecular flexibility index (Phi) is 4.67. The molecule has 0 bridgehead atoms. The van der Waals surface area contributed by atoms with Crippen molar-refractivity contribution in [2.45, 2.75) is 61.6 Å². The minimum atomic E-state index is -4.66. The van der Waals surface area contributed by atoms with E-state index in [4.69, 9.17) is 4.74 Å². The van der Waals surface area contributed by atoms with Crippen molar-refractivity contribution in [2.24, 2.45) is 5.41 Å². The standard InChI is InChI=1S/C19H24F3N3O4S/c1-17(2,3)29-16(26)25-10-18(8-23-9-18)15(25)30(27,28)13-7-24-14(19(20,21)22)6-12(13)11-4-5-11/h6-7,11,15,23H,4-5,8-10H2,1-3H3. The predicted molar refractivity (Wildman–Crippen MR) is 100 cm³/mol. The van der Waals surface area contributed by atoms with Gasteiger partial charge in [-0.2, -0.15) is 13.2 Å². The van der Waals surface area contributed by atoms with Gasteiger partial charge in [-0.15, -0.1) is 0 Å². The van der Waals surface area contributed by atoms with Crippen molar-refractivity contribution in [1.82, 2.24) is 15.2 Å². The van der Waals surface area contributed by atoms with E-state index in [1.807, 2.05) is 0 Å². The van der Waals surface area contributed by atoms with Crippen LogP contribution in [0.25, 0.3) is 0 Å². The number of rotatable bonds is 3. The number of pyridine rings is 1. The summed E-state index contributed by atoms with van der Waals surface area (Å²) < 4.78 is 72.0. The third-order valence-corrected chi connectivity index (χ3v) is 7.98. The van der Waals surface area contributed by atoms with Crippen molar-refractivity contribution in [2.75, 3.05) is 19.6 Å². The highest BCUT2D eigenvalue weighted by Gasteiger charge is 2.64. The summed E-state index contributed by atoms with van der Waals surface area (Å²) in [6, 6.07) is 0.840. The van der Waals surface area contributed by atoms with Gasteiger partial charge in [0.1, 0.15) is 11.3 Å². The molecule has 1 amide bonds. The van der Waals surface area contributed by atoms with Crippen LogP contribution in [-0.4, -0.2) is 55.0 Å². The van der Waals surface area contributed by atoms with Crippen LogP contribution >= 0.6 is 0 Å². The minimum Gasteiger partial charge on any atom is -0.444 e. The maximum Gasteiger partial charge on any atom is 0.433 e. The fourth-order valence-corrected chi connectivity index (χ4v) is 6.50. The number of nitrogens with one attached hydrogen (secondary N) is 1. The Morgan fingerprint density at radius 1 is 1.27 bits per heavy atom. The first kappa shape index (κ1) is 21.4. The predicted octanol–water partition coefficient (Wildman–Crippen LogP) is 2.92. The number of carbonyl (C=O) groups is 1. The molecule has 1 spiro atoms. The number of carbonyl (C=O) groups excluding carboxylic acids is 1. The molecule has 1 unspecified atom stereocenters. The lowest BCUT2D eigenvalue weighted by molar-refractivity contribution is -0.141. The minimum absolute atomic E-state index is 0.135. The van der Waals surface area contributed by atoms with Gasteiger partial charge in [-0.25, -0.2) is 13.2 Å². The van der Waals surface area contributed by atoms with Gasteiger partial charge in [0.25, 0.3) is 0 Å². The van der Waals surface area contributed by atoms with Crippen LogP contribution in [-0.2, 0) is 20.8 Å². The Bertz CT molecular complexity index is 980. The Balaban J connectivity index is 1.73. The second-order valence-electron chi connectivity index (χ2n) is 9.35. The number of halogens is 3. The summed E-state index contributed by atoms with van der Waals surface area (Å²) in [6.45, 7) is 6.07. The molecule has 1 atom stereocenters. The van der Waals surface area contributed by atoms with Gasteiger partial charge in [0.15, 0.2) is 5.37 Å². The first-order chi connectivity index (χ1) is 13.7. The second-order valence-corrected chi connectivity index (χ2v) is 11.3. The van der Waals surface area contributed by atoms with Gasteiger partial charge in [0.05, 0.1) is 4.90 Å². The van der Waals surface area contributed by atoms with E-state index in [0.717, 1.165) is 17.2 Å². The lowest BCUT2D eigenvalue weighted by Gasteiger charge is -2.60. The molecule has 1 aromatic heterocycles. The van der Waals surface area contributed by atoms with E-state index in [1.54, 1.807) is 20.8 Å². The maximum atomic E-state index is 13.6. The van der Waals surface area contributed by atoms with Crippen LogP contribution in [0.1, 0.15) is 50.8 Å². The molecule has 3 heterocycles. The number of alkyl halides is 3. The summed E-state index contributed by atoms with van der Waals surface area (Å²) in [7, 11) is -4.16. The number of hydrogen-bond acceptors (Lipinski definition) is 6. The highest BCUT2D eigenvalue weighted by molar-refractivity contribution is 7.92. The van der Waals surface area contributed by atoms with Crippen molar-refractivity contribution >= 4 is 15.9 Å². The quantitative estimate of drug-likeness (QED) is 0.767. The summed E-state index contributed by atoms with van der Waals surface area (Å²) in [5.74, 6) is -0.246. The molecule has 1 aliphatic carbocycles. The Morgan fingerprint density at radius 3 is 2.37 bits per heavy atom. The van der Waals surface area contributed by atoms with Crippen LogP contribution < -0.4 is 5.32 Å². The lowest BCUT2D eigenvalue weighted by atomic mass is 9.74. The molecule has 2 aliphatic heterocycles. The molecule has 166 valence electrons. The molecule has 1 N–H and O–H groups in total. The molecule has 3 aliphatic rings. The summed E-state index contributed by atoms with van der Waals surface area (Å²) in [5.41, 5.74) is -2.45. The molecule has 7 nitrogen and oxygen atoms in total. The Hall–Kier alpha value is -1.88. The normalized spacial score (nSPS) is 23.7. The zero-order valence-electron chi connectivity index (χ0n) is 16.9. The summed E-state index contributed by atoms with van der Waals surface area (Å²) in [4.78, 5) is 17.0. The molecule has 1 aromatic rings. The summed E-state index contributed by atoms with van der Waals surface area (Å²) in [5, 5.41) is 1.84. The number of amides is 1. The molecule has 11 heteroatoms. The van der Waals surface area contributed by atoms with Crippen LogP contribution in [0.15, 0.2) is 17.2 Å². The number of sulfone groups is 1. The van der Waals surface area contributed by atoms with Gasteiger partial charge in [-0.3, -0.25) is 9.88 Å². The fraction of sp³-hybridized carbons (Fsp3) is 0.684. The molecular formula is C19H24F3N3O4S. The maximum absolute atomic E-state index is 13.6. The molecule has 0 aromatic carbocycles. The van der Waals surface area contributed by atoms with Gasteiger partial charge in [-0.05, 0) is 51.2 Å². The highest BCUT2D eigenvalue weighted by Crippen LogP contribution is 2.50.